The van der Waals surface area contributed by atoms with Crippen LogP contribution in [-0.4, -0.2) is 66.0 Å². The molecule has 6 heterocycles. The van der Waals surface area contributed by atoms with Crippen molar-refractivity contribution < 1.29 is 18.7 Å². The maximum Gasteiger partial charge on any atom is 0.358 e. The number of aryl methyl sites for hydroxylation is 2. The molecule has 0 aromatic carbocycles. The van der Waals surface area contributed by atoms with Crippen molar-refractivity contribution in [1.29, 1.82) is 0 Å². The lowest BCUT2D eigenvalue weighted by atomic mass is 9.88. The van der Waals surface area contributed by atoms with Gasteiger partial charge >= 0.3 is 5.97 Å². The van der Waals surface area contributed by atoms with Gasteiger partial charge in [0.25, 0.3) is 0 Å². The number of hydrogen-bond donors (Lipinski definition) is 1. The monoisotopic (exact) mass is 504 g/mol. The van der Waals surface area contributed by atoms with Crippen molar-refractivity contribution in [3.8, 4) is 11.3 Å². The van der Waals surface area contributed by atoms with Gasteiger partial charge in [0.2, 0.25) is 0 Å². The lowest BCUT2D eigenvalue weighted by molar-refractivity contribution is 0.0539. The number of nitrogens with one attached hydrogen (secondary N) is 1. The van der Waals surface area contributed by atoms with Gasteiger partial charge in [0.1, 0.15) is 22.4 Å². The second kappa shape index (κ2) is 9.04. The summed E-state index contributed by atoms with van der Waals surface area (Å²) in [4.78, 5) is 22.0. The Hall–Kier alpha value is -4.19. The number of carbonyl (C=O) groups excluding carboxylic acids is 1. The summed E-state index contributed by atoms with van der Waals surface area (Å²) >= 11 is 0. The minimum atomic E-state index is -0.578. The molecule has 0 spiro atoms. The van der Waals surface area contributed by atoms with Gasteiger partial charge in [0.15, 0.2) is 5.69 Å². The van der Waals surface area contributed by atoms with E-state index in [2.05, 4.69) is 25.5 Å². The van der Waals surface area contributed by atoms with Crippen LogP contribution >= 0.6 is 0 Å². The highest BCUT2D eigenvalue weighted by molar-refractivity contribution is 6.11. The molecular formula is C25H25FN8O3. The normalized spacial score (nSPS) is 15.5. The summed E-state index contributed by atoms with van der Waals surface area (Å²) in [7, 11) is 3.12. The number of rotatable bonds is 5. The molecule has 5 aromatic heterocycles. The Labute approximate surface area is 210 Å². The Morgan fingerprint density at radius 3 is 2.78 bits per heavy atom. The maximum absolute atomic E-state index is 15.4. The van der Waals surface area contributed by atoms with Gasteiger partial charge in [-0.2, -0.15) is 5.10 Å². The summed E-state index contributed by atoms with van der Waals surface area (Å²) in [5, 5.41) is 15.5. The van der Waals surface area contributed by atoms with E-state index in [-0.39, 0.29) is 17.3 Å². The molecule has 1 aliphatic rings. The number of pyridine rings is 2. The summed E-state index contributed by atoms with van der Waals surface area (Å²) in [6.07, 6.45) is 4.71. The molecule has 0 bridgehead atoms. The van der Waals surface area contributed by atoms with Crippen molar-refractivity contribution in [2.45, 2.75) is 25.8 Å². The number of halogens is 1. The highest BCUT2D eigenvalue weighted by Gasteiger charge is 2.35. The third kappa shape index (κ3) is 3.67. The molecule has 190 valence electrons. The molecule has 6 rings (SSSR count). The Morgan fingerprint density at radius 1 is 1.27 bits per heavy atom. The Kier molecular flexibility index (Phi) is 5.67. The lowest BCUT2D eigenvalue weighted by Crippen LogP contribution is -2.28. The van der Waals surface area contributed by atoms with Gasteiger partial charge in [-0.3, -0.25) is 15.1 Å². The zero-order chi connectivity index (χ0) is 25.7. The smallest absolute Gasteiger partial charge is 0.358 e. The van der Waals surface area contributed by atoms with Crippen LogP contribution in [0.3, 0.4) is 0 Å². The first-order chi connectivity index (χ1) is 18.0. The second-order valence-corrected chi connectivity index (χ2v) is 9.16. The van der Waals surface area contributed by atoms with E-state index in [4.69, 9.17) is 14.5 Å². The second-order valence-electron chi connectivity index (χ2n) is 9.16. The highest BCUT2D eigenvalue weighted by Crippen LogP contribution is 2.41. The van der Waals surface area contributed by atoms with E-state index >= 15 is 4.39 Å². The number of fused-ring (bicyclic) bond motifs is 3. The molecule has 1 fully saturated rings. The predicted molar refractivity (Wildman–Crippen MR) is 131 cm³/mol. The molecule has 37 heavy (non-hydrogen) atoms. The number of hydrogen-bond acceptors (Lipinski definition) is 8. The SMILES string of the molecule is COC(=O)c1[nH]nc2c3ncc(-c4c(C)nnn4C)cc3n([C@H](c3ncccc3F)C3CCOCC3)c12. The molecule has 0 saturated carbocycles. The quantitative estimate of drug-likeness (QED) is 0.361. The Balaban J connectivity index is 1.71. The number of nitrogens with zero attached hydrogens (tertiary/aromatic N) is 7. The van der Waals surface area contributed by atoms with E-state index in [1.165, 1.54) is 13.2 Å². The fraction of sp³-hybridized carbons (Fsp3) is 0.360. The van der Waals surface area contributed by atoms with Crippen LogP contribution < -0.4 is 0 Å². The molecule has 0 aliphatic carbocycles. The number of aromatic amines is 1. The number of methoxy groups -OCH3 is 1. The molecule has 12 heteroatoms. The first-order valence-corrected chi connectivity index (χ1v) is 12.0. The van der Waals surface area contributed by atoms with E-state index in [1.807, 2.05) is 24.6 Å². The molecule has 1 aliphatic heterocycles. The molecule has 0 radical (unpaired) electrons. The molecule has 1 N–H and O–H groups in total. The van der Waals surface area contributed by atoms with Gasteiger partial charge in [-0.25, -0.2) is 13.9 Å². The van der Waals surface area contributed by atoms with Gasteiger partial charge in [0.05, 0.1) is 35.8 Å². The van der Waals surface area contributed by atoms with Gasteiger partial charge < -0.3 is 14.0 Å². The van der Waals surface area contributed by atoms with Crippen LogP contribution in [0.4, 0.5) is 4.39 Å². The molecule has 1 saturated heterocycles. The van der Waals surface area contributed by atoms with Crippen molar-refractivity contribution in [3.63, 3.8) is 0 Å². The minimum Gasteiger partial charge on any atom is -0.464 e. The van der Waals surface area contributed by atoms with Gasteiger partial charge in [-0.1, -0.05) is 5.21 Å². The van der Waals surface area contributed by atoms with Crippen molar-refractivity contribution in [1.82, 2.24) is 39.7 Å². The van der Waals surface area contributed by atoms with Crippen LogP contribution in [0, 0.1) is 18.7 Å². The standard InChI is InChI=1S/C25H25FN8O3/c1-13-22(33(2)32-29-13)15-11-17-19(28-12-15)20-24(21(31-30-20)25(35)36-3)34(17)23(14-6-9-37-10-7-14)18-16(26)5-4-8-27-18/h4-5,8,11-12,14,23H,6-7,9-10H2,1-3H3,(H,30,31)/t23-/m0/s1. The maximum atomic E-state index is 15.4. The molecule has 0 unspecified atom stereocenters. The van der Waals surface area contributed by atoms with Crippen molar-refractivity contribution in [2.75, 3.05) is 20.3 Å². The van der Waals surface area contributed by atoms with Gasteiger partial charge in [-0.15, -0.1) is 5.10 Å². The van der Waals surface area contributed by atoms with Crippen LogP contribution in [0.2, 0.25) is 0 Å². The van der Waals surface area contributed by atoms with Crippen LogP contribution in [0.15, 0.2) is 30.6 Å². The largest absolute Gasteiger partial charge is 0.464 e. The number of ether oxygens (including phenoxy) is 2. The Morgan fingerprint density at radius 2 is 2.08 bits per heavy atom. The molecule has 0 amide bonds. The summed E-state index contributed by atoms with van der Waals surface area (Å²) in [6, 6.07) is 4.39. The van der Waals surface area contributed by atoms with Crippen molar-refractivity contribution >= 4 is 28.0 Å². The van der Waals surface area contributed by atoms with E-state index < -0.39 is 17.8 Å². The summed E-state index contributed by atoms with van der Waals surface area (Å²) in [5.41, 5.74) is 5.05. The van der Waals surface area contributed by atoms with Crippen molar-refractivity contribution in [3.05, 3.63) is 53.5 Å². The molecule has 5 aromatic rings. The topological polar surface area (TPSA) is 126 Å². The predicted octanol–water partition coefficient (Wildman–Crippen LogP) is 3.35. The molecule has 1 atom stereocenters. The fourth-order valence-electron chi connectivity index (χ4n) is 5.40. The minimum absolute atomic E-state index is 0.0129. The van der Waals surface area contributed by atoms with Gasteiger partial charge in [0, 0.05) is 38.2 Å². The van der Waals surface area contributed by atoms with Crippen LogP contribution in [-0.2, 0) is 16.5 Å². The van der Waals surface area contributed by atoms with Crippen LogP contribution in [0.1, 0.15) is 40.8 Å². The van der Waals surface area contributed by atoms with E-state index in [9.17, 15) is 4.79 Å². The first-order valence-electron chi connectivity index (χ1n) is 12.0. The highest BCUT2D eigenvalue weighted by atomic mass is 19.1. The fourth-order valence-corrected chi connectivity index (χ4v) is 5.40. The average molecular weight is 505 g/mol. The lowest BCUT2D eigenvalue weighted by Gasteiger charge is -2.32. The summed E-state index contributed by atoms with van der Waals surface area (Å²) in [5.74, 6) is -1.01. The van der Waals surface area contributed by atoms with Crippen molar-refractivity contribution in [2.24, 2.45) is 13.0 Å². The number of aromatic nitrogens is 8. The van der Waals surface area contributed by atoms with Gasteiger partial charge in [-0.05, 0) is 43.9 Å². The van der Waals surface area contributed by atoms with E-state index in [0.717, 1.165) is 17.0 Å². The van der Waals surface area contributed by atoms with E-state index in [0.29, 0.717) is 48.1 Å². The van der Waals surface area contributed by atoms with Crippen LogP contribution in [0.25, 0.3) is 33.3 Å². The number of esters is 1. The third-order valence-electron chi connectivity index (χ3n) is 7.05. The zero-order valence-electron chi connectivity index (χ0n) is 20.6. The third-order valence-corrected chi connectivity index (χ3v) is 7.05. The molecular weight excluding hydrogens is 479 g/mol. The zero-order valence-corrected chi connectivity index (χ0v) is 20.6. The number of H-pyrrole nitrogens is 1. The molecule has 11 nitrogen and oxygen atoms in total. The van der Waals surface area contributed by atoms with E-state index in [1.54, 1.807) is 23.1 Å². The summed E-state index contributed by atoms with van der Waals surface area (Å²) in [6.45, 7) is 2.98. The van der Waals surface area contributed by atoms with Crippen LogP contribution in [0.5, 0.6) is 0 Å². The Bertz CT molecular complexity index is 1610. The average Bonchev–Trinajstić information content (AvgIpc) is 3.58. The number of carbonyl (C=O) groups is 1. The summed E-state index contributed by atoms with van der Waals surface area (Å²) < 4.78 is 29.7. The first kappa shape index (κ1) is 23.2.